The lowest BCUT2D eigenvalue weighted by Gasteiger charge is -2.13. The Balaban J connectivity index is 2.27. The Morgan fingerprint density at radius 3 is 2.83 bits per heavy atom. The molecular weight excluding hydrogens is 248 g/mol. The van der Waals surface area contributed by atoms with Crippen LogP contribution in [0.1, 0.15) is 24.1 Å². The van der Waals surface area contributed by atoms with Gasteiger partial charge in [0.05, 0.1) is 18.8 Å². The summed E-state index contributed by atoms with van der Waals surface area (Å²) in [6, 6.07) is 9.17. The number of rotatable bonds is 4. The highest BCUT2D eigenvalue weighted by Crippen LogP contribution is 2.24. The minimum Gasteiger partial charge on any atom is -0.492 e. The molecule has 1 atom stereocenters. The summed E-state index contributed by atoms with van der Waals surface area (Å²) in [6.45, 7) is 2.54. The average Bonchev–Trinajstić information content (AvgIpc) is 2.39. The molecule has 2 N–H and O–H groups in total. The van der Waals surface area contributed by atoms with Crippen LogP contribution >= 0.6 is 11.6 Å². The molecule has 94 valence electrons. The predicted molar refractivity (Wildman–Crippen MR) is 72.9 cm³/mol. The molecule has 0 saturated carbocycles. The molecule has 0 bridgehead atoms. The molecule has 1 unspecified atom stereocenters. The summed E-state index contributed by atoms with van der Waals surface area (Å²) in [7, 11) is 0. The second-order valence-electron chi connectivity index (χ2n) is 3.92. The molecule has 1 aromatic carbocycles. The van der Waals surface area contributed by atoms with Crippen LogP contribution in [0.2, 0.25) is 5.02 Å². The Kier molecular flexibility index (Phi) is 4.18. The van der Waals surface area contributed by atoms with Gasteiger partial charge in [0.25, 0.3) is 0 Å². The number of nitrogens with zero attached hydrogens (tertiary/aromatic N) is 1. The van der Waals surface area contributed by atoms with E-state index in [-0.39, 0.29) is 6.04 Å². The largest absolute Gasteiger partial charge is 0.492 e. The van der Waals surface area contributed by atoms with Crippen LogP contribution in [0.25, 0.3) is 0 Å². The van der Waals surface area contributed by atoms with Gasteiger partial charge in [-0.15, -0.1) is 0 Å². The maximum atomic E-state index is 6.20. The molecule has 0 amide bonds. The zero-order valence-corrected chi connectivity index (χ0v) is 10.9. The van der Waals surface area contributed by atoms with Gasteiger partial charge in [-0.05, 0) is 36.2 Å². The van der Waals surface area contributed by atoms with Crippen molar-refractivity contribution >= 4 is 11.6 Å². The van der Waals surface area contributed by atoms with Crippen molar-refractivity contribution in [2.24, 2.45) is 5.73 Å². The molecule has 0 aliphatic rings. The van der Waals surface area contributed by atoms with Crippen LogP contribution < -0.4 is 10.5 Å². The minimum absolute atomic E-state index is 0.253. The molecule has 0 aliphatic heterocycles. The molecule has 0 aliphatic carbocycles. The number of hydrogen-bond acceptors (Lipinski definition) is 3. The van der Waals surface area contributed by atoms with Gasteiger partial charge in [-0.25, -0.2) is 0 Å². The molecule has 0 radical (unpaired) electrons. The maximum Gasteiger partial charge on any atom is 0.137 e. The summed E-state index contributed by atoms with van der Waals surface area (Å²) in [4.78, 5) is 4.13. The first-order chi connectivity index (χ1) is 8.70. The van der Waals surface area contributed by atoms with Gasteiger partial charge in [-0.3, -0.25) is 4.98 Å². The van der Waals surface area contributed by atoms with E-state index in [2.05, 4.69) is 4.98 Å². The van der Waals surface area contributed by atoms with E-state index < -0.39 is 0 Å². The second-order valence-corrected chi connectivity index (χ2v) is 4.36. The lowest BCUT2D eigenvalue weighted by molar-refractivity contribution is 0.338. The Bertz CT molecular complexity index is 531. The van der Waals surface area contributed by atoms with Crippen LogP contribution in [0.15, 0.2) is 42.7 Å². The van der Waals surface area contributed by atoms with Crippen molar-refractivity contribution in [2.75, 3.05) is 6.61 Å². The minimum atomic E-state index is -0.253. The van der Waals surface area contributed by atoms with E-state index in [0.717, 1.165) is 16.9 Å². The van der Waals surface area contributed by atoms with E-state index in [0.29, 0.717) is 11.6 Å². The van der Waals surface area contributed by atoms with Crippen molar-refractivity contribution in [3.8, 4) is 5.75 Å². The van der Waals surface area contributed by atoms with Gasteiger partial charge in [0, 0.05) is 11.2 Å². The molecule has 1 heterocycles. The highest BCUT2D eigenvalue weighted by molar-refractivity contribution is 6.30. The first-order valence-electron chi connectivity index (χ1n) is 5.79. The fourth-order valence-corrected chi connectivity index (χ4v) is 1.94. The van der Waals surface area contributed by atoms with Gasteiger partial charge in [0.1, 0.15) is 5.75 Å². The van der Waals surface area contributed by atoms with Crippen LogP contribution in [0.3, 0.4) is 0 Å². The van der Waals surface area contributed by atoms with Crippen LogP contribution in [0.5, 0.6) is 5.75 Å². The molecule has 4 heteroatoms. The van der Waals surface area contributed by atoms with E-state index in [1.54, 1.807) is 12.4 Å². The van der Waals surface area contributed by atoms with E-state index in [9.17, 15) is 0 Å². The first kappa shape index (κ1) is 12.9. The van der Waals surface area contributed by atoms with Gasteiger partial charge in [0.2, 0.25) is 0 Å². The summed E-state index contributed by atoms with van der Waals surface area (Å²) in [5.41, 5.74) is 8.06. The number of hydrogen-bond donors (Lipinski definition) is 1. The molecule has 1 aromatic heterocycles. The zero-order chi connectivity index (χ0) is 13.0. The third-order valence-corrected chi connectivity index (χ3v) is 2.85. The number of nitrogens with two attached hydrogens (primary N) is 1. The molecular formula is C14H15ClN2O. The van der Waals surface area contributed by atoms with E-state index in [1.165, 1.54) is 0 Å². The molecule has 2 aromatic rings. The van der Waals surface area contributed by atoms with Gasteiger partial charge in [-0.2, -0.15) is 0 Å². The second kappa shape index (κ2) is 5.85. The Hall–Kier alpha value is -1.58. The standard InChI is InChI=1S/C14H15ClN2O/c1-2-18-13-7-11(8-17-9-13)14(16)10-4-3-5-12(15)6-10/h3-9,14H,2,16H2,1H3. The van der Waals surface area contributed by atoms with Crippen molar-refractivity contribution < 1.29 is 4.74 Å². The summed E-state index contributed by atoms with van der Waals surface area (Å²) < 4.78 is 5.41. The average molecular weight is 263 g/mol. The number of ether oxygens (including phenoxy) is 1. The smallest absolute Gasteiger partial charge is 0.137 e. The fourth-order valence-electron chi connectivity index (χ4n) is 1.74. The van der Waals surface area contributed by atoms with E-state index in [4.69, 9.17) is 22.1 Å². The van der Waals surface area contributed by atoms with Crippen LogP contribution in [0, 0.1) is 0 Å². The number of benzene rings is 1. The molecule has 0 fully saturated rings. The van der Waals surface area contributed by atoms with Crippen LogP contribution in [-0.4, -0.2) is 11.6 Å². The number of aromatic nitrogens is 1. The lowest BCUT2D eigenvalue weighted by atomic mass is 10.0. The van der Waals surface area contributed by atoms with E-state index >= 15 is 0 Å². The predicted octanol–water partition coefficient (Wildman–Crippen LogP) is 3.18. The lowest BCUT2D eigenvalue weighted by Crippen LogP contribution is -2.12. The number of halogens is 1. The van der Waals surface area contributed by atoms with Crippen molar-refractivity contribution in [1.29, 1.82) is 0 Å². The Morgan fingerprint density at radius 1 is 1.28 bits per heavy atom. The topological polar surface area (TPSA) is 48.1 Å². The summed E-state index contributed by atoms with van der Waals surface area (Å²) in [5, 5.41) is 0.678. The Labute approximate surface area is 112 Å². The zero-order valence-electron chi connectivity index (χ0n) is 10.1. The number of pyridine rings is 1. The van der Waals surface area contributed by atoms with Crippen molar-refractivity contribution in [3.05, 3.63) is 58.9 Å². The summed E-state index contributed by atoms with van der Waals surface area (Å²) in [6.07, 6.45) is 3.42. The van der Waals surface area contributed by atoms with Crippen molar-refractivity contribution in [3.63, 3.8) is 0 Å². The first-order valence-corrected chi connectivity index (χ1v) is 6.17. The maximum absolute atomic E-state index is 6.20. The van der Waals surface area contributed by atoms with Crippen LogP contribution in [0.4, 0.5) is 0 Å². The Morgan fingerprint density at radius 2 is 2.11 bits per heavy atom. The highest BCUT2D eigenvalue weighted by Gasteiger charge is 2.10. The highest BCUT2D eigenvalue weighted by atomic mass is 35.5. The quantitative estimate of drug-likeness (QED) is 0.921. The van der Waals surface area contributed by atoms with Crippen LogP contribution in [-0.2, 0) is 0 Å². The summed E-state index contributed by atoms with van der Waals surface area (Å²) >= 11 is 5.96. The van der Waals surface area contributed by atoms with E-state index in [1.807, 2.05) is 37.3 Å². The molecule has 0 saturated heterocycles. The fraction of sp³-hybridized carbons (Fsp3) is 0.214. The van der Waals surface area contributed by atoms with Gasteiger partial charge in [0.15, 0.2) is 0 Å². The normalized spacial score (nSPS) is 12.2. The SMILES string of the molecule is CCOc1cncc(C(N)c2cccc(Cl)c2)c1. The van der Waals surface area contributed by atoms with Crippen molar-refractivity contribution in [1.82, 2.24) is 4.98 Å². The van der Waals surface area contributed by atoms with Gasteiger partial charge >= 0.3 is 0 Å². The third-order valence-electron chi connectivity index (χ3n) is 2.61. The molecule has 0 spiro atoms. The monoisotopic (exact) mass is 262 g/mol. The van der Waals surface area contributed by atoms with Gasteiger partial charge in [-0.1, -0.05) is 23.7 Å². The van der Waals surface area contributed by atoms with Gasteiger partial charge < -0.3 is 10.5 Å². The summed E-state index contributed by atoms with van der Waals surface area (Å²) in [5.74, 6) is 0.729. The molecule has 2 rings (SSSR count). The molecule has 3 nitrogen and oxygen atoms in total. The molecule has 18 heavy (non-hydrogen) atoms. The van der Waals surface area contributed by atoms with Crippen molar-refractivity contribution in [2.45, 2.75) is 13.0 Å². The third kappa shape index (κ3) is 3.00.